The van der Waals surface area contributed by atoms with Gasteiger partial charge in [-0.25, -0.2) is 13.2 Å². The molecular weight excluding hydrogens is 412 g/mol. The number of morpholine rings is 1. The molecule has 4 rings (SSSR count). The summed E-state index contributed by atoms with van der Waals surface area (Å²) in [5.41, 5.74) is 1.55. The maximum absolute atomic E-state index is 12.8. The van der Waals surface area contributed by atoms with Crippen LogP contribution in [0.3, 0.4) is 0 Å². The predicted octanol–water partition coefficient (Wildman–Crippen LogP) is 0.607. The first-order valence-electron chi connectivity index (χ1n) is 9.99. The molecule has 0 radical (unpaired) electrons. The summed E-state index contributed by atoms with van der Waals surface area (Å²) in [5.74, 6) is -1.12. The molecule has 3 aliphatic rings. The van der Waals surface area contributed by atoms with Crippen LogP contribution in [-0.4, -0.2) is 67.4 Å². The molecule has 11 heteroatoms. The van der Waals surface area contributed by atoms with Gasteiger partial charge in [0.25, 0.3) is 11.8 Å². The fourth-order valence-electron chi connectivity index (χ4n) is 4.10. The minimum absolute atomic E-state index is 0.0668. The van der Waals surface area contributed by atoms with E-state index in [1.54, 1.807) is 0 Å². The maximum Gasteiger partial charge on any atom is 0.344 e. The predicted molar refractivity (Wildman–Crippen MR) is 105 cm³/mol. The van der Waals surface area contributed by atoms with Crippen LogP contribution >= 0.6 is 0 Å². The van der Waals surface area contributed by atoms with E-state index in [0.29, 0.717) is 26.1 Å². The molecular formula is C19H24N4O6S. The van der Waals surface area contributed by atoms with Gasteiger partial charge in [0.15, 0.2) is 0 Å². The lowest BCUT2D eigenvalue weighted by atomic mass is 9.82. The van der Waals surface area contributed by atoms with E-state index in [-0.39, 0.29) is 23.5 Å². The van der Waals surface area contributed by atoms with Crippen LogP contribution < -0.4 is 10.7 Å². The van der Waals surface area contributed by atoms with E-state index < -0.39 is 33.4 Å². The largest absolute Gasteiger partial charge is 0.379 e. The van der Waals surface area contributed by atoms with Crippen molar-refractivity contribution >= 4 is 27.9 Å². The first kappa shape index (κ1) is 20.8. The highest BCUT2D eigenvalue weighted by Crippen LogP contribution is 2.33. The minimum atomic E-state index is -3.67. The van der Waals surface area contributed by atoms with Gasteiger partial charge < -0.3 is 10.1 Å². The molecule has 162 valence electrons. The van der Waals surface area contributed by atoms with Gasteiger partial charge in [-0.1, -0.05) is 19.3 Å². The van der Waals surface area contributed by atoms with Crippen LogP contribution in [0.15, 0.2) is 29.2 Å². The number of carbonyl (C=O) groups is 3. The summed E-state index contributed by atoms with van der Waals surface area (Å²) in [4.78, 5) is 37.7. The third-order valence-electron chi connectivity index (χ3n) is 5.81. The van der Waals surface area contributed by atoms with E-state index in [0.717, 1.165) is 24.3 Å². The van der Waals surface area contributed by atoms with Crippen LogP contribution in [0, 0.1) is 0 Å². The van der Waals surface area contributed by atoms with Crippen LogP contribution in [-0.2, 0) is 19.6 Å². The molecule has 2 heterocycles. The number of sulfonamides is 1. The Morgan fingerprint density at radius 2 is 1.67 bits per heavy atom. The van der Waals surface area contributed by atoms with Crippen LogP contribution in [0.1, 0.15) is 42.5 Å². The molecule has 3 fully saturated rings. The number of rotatable bonds is 4. The van der Waals surface area contributed by atoms with Gasteiger partial charge in [-0.2, -0.15) is 9.31 Å². The molecule has 0 aromatic heterocycles. The van der Waals surface area contributed by atoms with Gasteiger partial charge in [-0.15, -0.1) is 0 Å². The number of hydrogen-bond acceptors (Lipinski definition) is 6. The zero-order valence-electron chi connectivity index (χ0n) is 16.4. The summed E-state index contributed by atoms with van der Waals surface area (Å²) in [6.07, 6.45) is 3.80. The van der Waals surface area contributed by atoms with Gasteiger partial charge in [0.1, 0.15) is 5.54 Å². The lowest BCUT2D eigenvalue weighted by Crippen LogP contribution is -2.50. The summed E-state index contributed by atoms with van der Waals surface area (Å²) in [6, 6.07) is 4.75. The number of nitrogens with zero attached hydrogens (tertiary/aromatic N) is 2. The third-order valence-corrected chi connectivity index (χ3v) is 7.72. The van der Waals surface area contributed by atoms with Gasteiger partial charge in [0, 0.05) is 18.7 Å². The average Bonchev–Trinajstić information content (AvgIpc) is 2.98. The number of amides is 4. The summed E-state index contributed by atoms with van der Waals surface area (Å²) < 4.78 is 31.9. The van der Waals surface area contributed by atoms with Crippen LogP contribution in [0.4, 0.5) is 4.79 Å². The van der Waals surface area contributed by atoms with E-state index in [4.69, 9.17) is 4.74 Å². The molecule has 2 saturated heterocycles. The lowest BCUT2D eigenvalue weighted by Gasteiger charge is -2.30. The number of hydrogen-bond donors (Lipinski definition) is 2. The standard InChI is InChI=1S/C19H24N4O6S/c24-16(21-23-17(25)19(20-18(23)26)8-2-1-3-9-19)14-4-6-15(7-5-14)30(27,28)22-10-12-29-13-11-22/h4-7H,1-3,8-13H2,(H,20,26)(H,21,24). The normalized spacial score (nSPS) is 22.2. The molecule has 4 amide bonds. The Morgan fingerprint density at radius 1 is 1.03 bits per heavy atom. The lowest BCUT2D eigenvalue weighted by molar-refractivity contribution is -0.134. The summed E-state index contributed by atoms with van der Waals surface area (Å²) in [5, 5.41) is 3.45. The highest BCUT2D eigenvalue weighted by atomic mass is 32.2. The summed E-state index contributed by atoms with van der Waals surface area (Å²) in [7, 11) is -3.67. The molecule has 1 spiro atoms. The van der Waals surface area contributed by atoms with E-state index in [1.165, 1.54) is 28.6 Å². The second-order valence-electron chi connectivity index (χ2n) is 7.70. The van der Waals surface area contributed by atoms with Crippen LogP contribution in [0.25, 0.3) is 0 Å². The van der Waals surface area contributed by atoms with E-state index in [1.807, 2.05) is 0 Å². The average molecular weight is 436 g/mol. The molecule has 1 aromatic rings. The molecule has 1 aliphatic carbocycles. The van der Waals surface area contributed by atoms with Crippen molar-refractivity contribution in [3.05, 3.63) is 29.8 Å². The topological polar surface area (TPSA) is 125 Å². The monoisotopic (exact) mass is 436 g/mol. The van der Waals surface area contributed by atoms with E-state index in [2.05, 4.69) is 10.7 Å². The highest BCUT2D eigenvalue weighted by Gasteiger charge is 2.52. The molecule has 0 unspecified atom stereocenters. The Kier molecular flexibility index (Phi) is 5.51. The number of imide groups is 1. The smallest absolute Gasteiger partial charge is 0.344 e. The van der Waals surface area contributed by atoms with Gasteiger partial charge in [0.05, 0.1) is 18.1 Å². The van der Waals surface area contributed by atoms with Crippen molar-refractivity contribution in [2.75, 3.05) is 26.3 Å². The molecule has 0 bridgehead atoms. The van der Waals surface area contributed by atoms with Crippen molar-refractivity contribution in [2.24, 2.45) is 0 Å². The van der Waals surface area contributed by atoms with Crippen molar-refractivity contribution in [3.63, 3.8) is 0 Å². The fourth-order valence-corrected chi connectivity index (χ4v) is 5.50. The molecule has 1 saturated carbocycles. The number of ether oxygens (including phenoxy) is 1. The van der Waals surface area contributed by atoms with Gasteiger partial charge >= 0.3 is 6.03 Å². The zero-order chi connectivity index (χ0) is 21.4. The Balaban J connectivity index is 1.45. The molecule has 30 heavy (non-hydrogen) atoms. The highest BCUT2D eigenvalue weighted by molar-refractivity contribution is 7.89. The minimum Gasteiger partial charge on any atom is -0.379 e. The second-order valence-corrected chi connectivity index (χ2v) is 9.63. The second kappa shape index (κ2) is 7.97. The van der Waals surface area contributed by atoms with Crippen molar-refractivity contribution in [3.8, 4) is 0 Å². The first-order chi connectivity index (χ1) is 14.3. The Labute approximate surface area is 174 Å². The first-order valence-corrected chi connectivity index (χ1v) is 11.4. The van der Waals surface area contributed by atoms with Crippen molar-refractivity contribution < 1.29 is 27.5 Å². The Morgan fingerprint density at radius 3 is 2.30 bits per heavy atom. The SMILES string of the molecule is O=C(NN1C(=O)NC2(CCCCC2)C1=O)c1ccc(S(=O)(=O)N2CCOCC2)cc1. The molecule has 2 aliphatic heterocycles. The molecule has 1 aromatic carbocycles. The molecule has 10 nitrogen and oxygen atoms in total. The molecule has 0 atom stereocenters. The number of nitrogens with one attached hydrogen (secondary N) is 2. The van der Waals surface area contributed by atoms with Gasteiger partial charge in [0.2, 0.25) is 10.0 Å². The molecule has 2 N–H and O–H groups in total. The van der Waals surface area contributed by atoms with E-state index in [9.17, 15) is 22.8 Å². The summed E-state index contributed by atoms with van der Waals surface area (Å²) in [6.45, 7) is 1.23. The summed E-state index contributed by atoms with van der Waals surface area (Å²) >= 11 is 0. The van der Waals surface area contributed by atoms with Crippen LogP contribution in [0.2, 0.25) is 0 Å². The van der Waals surface area contributed by atoms with Crippen molar-refractivity contribution in [1.82, 2.24) is 20.1 Å². The Hall–Kier alpha value is -2.50. The Bertz CT molecular complexity index is 950. The quantitative estimate of drug-likeness (QED) is 0.666. The van der Waals surface area contributed by atoms with Gasteiger partial charge in [-0.3, -0.25) is 15.0 Å². The van der Waals surface area contributed by atoms with E-state index >= 15 is 0 Å². The number of urea groups is 1. The number of benzene rings is 1. The third kappa shape index (κ3) is 3.68. The van der Waals surface area contributed by atoms with Crippen molar-refractivity contribution in [1.29, 1.82) is 0 Å². The maximum atomic E-state index is 12.8. The van der Waals surface area contributed by atoms with Gasteiger partial charge in [-0.05, 0) is 37.1 Å². The van der Waals surface area contributed by atoms with Crippen LogP contribution in [0.5, 0.6) is 0 Å². The zero-order valence-corrected chi connectivity index (χ0v) is 17.2. The van der Waals surface area contributed by atoms with Crippen molar-refractivity contribution in [2.45, 2.75) is 42.5 Å². The number of carbonyl (C=O) groups excluding carboxylic acids is 3. The number of hydrazine groups is 1. The fraction of sp³-hybridized carbons (Fsp3) is 0.526.